The quantitative estimate of drug-likeness (QED) is 0.176. The first kappa shape index (κ1) is 29.7. The van der Waals surface area contributed by atoms with Crippen LogP contribution in [-0.4, -0.2) is 0 Å². The minimum absolute atomic E-state index is 0.460. The fourth-order valence-corrected chi connectivity index (χ4v) is 8.81. The number of hydrogen-bond acceptors (Lipinski definition) is 1. The molecule has 0 saturated heterocycles. The van der Waals surface area contributed by atoms with Gasteiger partial charge in [0.15, 0.2) is 0 Å². The van der Waals surface area contributed by atoms with Crippen LogP contribution in [0.15, 0.2) is 194 Å². The number of fused-ring (bicyclic) bond motifs is 10. The van der Waals surface area contributed by atoms with Gasteiger partial charge in [-0.25, -0.2) is 0 Å². The average Bonchev–Trinajstić information content (AvgIpc) is 3.66. The first-order chi connectivity index (χ1) is 25.2. The molecule has 2 heteroatoms. The molecule has 10 rings (SSSR count). The van der Waals surface area contributed by atoms with Crippen molar-refractivity contribution in [2.45, 2.75) is 5.41 Å². The summed E-state index contributed by atoms with van der Waals surface area (Å²) in [5.41, 5.74) is 17.5. The molecule has 2 aliphatic rings. The highest BCUT2D eigenvalue weighted by atomic mass is 35.5. The lowest BCUT2D eigenvalue weighted by Gasteiger charge is -2.32. The van der Waals surface area contributed by atoms with Gasteiger partial charge >= 0.3 is 0 Å². The molecule has 0 N–H and O–H groups in total. The van der Waals surface area contributed by atoms with E-state index in [2.05, 4.69) is 199 Å². The van der Waals surface area contributed by atoms with Crippen LogP contribution in [0, 0.1) is 0 Å². The van der Waals surface area contributed by atoms with Gasteiger partial charge in [0.2, 0.25) is 0 Å². The van der Waals surface area contributed by atoms with E-state index in [1.54, 1.807) is 0 Å². The predicted octanol–water partition coefficient (Wildman–Crippen LogP) is 13.5. The molecule has 0 unspecified atom stereocenters. The molecule has 0 radical (unpaired) electrons. The van der Waals surface area contributed by atoms with Crippen LogP contribution in [0.3, 0.4) is 0 Å². The molecule has 2 aliphatic carbocycles. The SMILES string of the molecule is Clc1cc2c(cc1N(c1ccc(-c3ccccc3)cc1)c1ccc(-c3ccccc3)cc1)C1(c3ccccc3-c3ccccc31)c1ccccc1-2. The van der Waals surface area contributed by atoms with Crippen molar-refractivity contribution in [3.8, 4) is 44.5 Å². The van der Waals surface area contributed by atoms with E-state index in [1.165, 1.54) is 66.8 Å². The van der Waals surface area contributed by atoms with Gasteiger partial charge in [0.25, 0.3) is 0 Å². The van der Waals surface area contributed by atoms with E-state index in [-0.39, 0.29) is 0 Å². The summed E-state index contributed by atoms with van der Waals surface area (Å²) in [7, 11) is 0. The molecule has 0 fully saturated rings. The average molecular weight is 670 g/mol. The van der Waals surface area contributed by atoms with Crippen molar-refractivity contribution in [3.63, 3.8) is 0 Å². The summed E-state index contributed by atoms with van der Waals surface area (Å²) >= 11 is 7.48. The molecule has 0 bridgehead atoms. The maximum absolute atomic E-state index is 7.48. The summed E-state index contributed by atoms with van der Waals surface area (Å²) < 4.78 is 0. The van der Waals surface area contributed by atoms with E-state index in [9.17, 15) is 0 Å². The number of anilines is 3. The maximum atomic E-state index is 7.48. The topological polar surface area (TPSA) is 3.24 Å². The van der Waals surface area contributed by atoms with Crippen molar-refractivity contribution in [2.75, 3.05) is 4.90 Å². The molecular weight excluding hydrogens is 638 g/mol. The first-order valence-corrected chi connectivity index (χ1v) is 17.8. The molecule has 0 aromatic heterocycles. The molecular formula is C49H32ClN. The van der Waals surface area contributed by atoms with Crippen molar-refractivity contribution in [1.29, 1.82) is 0 Å². The summed E-state index contributed by atoms with van der Waals surface area (Å²) in [6, 6.07) is 70.0. The smallest absolute Gasteiger partial charge is 0.0726 e. The number of halogens is 1. The zero-order chi connectivity index (χ0) is 33.9. The lowest BCUT2D eigenvalue weighted by molar-refractivity contribution is 0.793. The summed E-state index contributed by atoms with van der Waals surface area (Å²) in [6.07, 6.45) is 0. The summed E-state index contributed by atoms with van der Waals surface area (Å²) in [5, 5.41) is 0.708. The number of nitrogens with zero attached hydrogens (tertiary/aromatic N) is 1. The van der Waals surface area contributed by atoms with Gasteiger partial charge in [-0.2, -0.15) is 0 Å². The molecule has 8 aromatic rings. The van der Waals surface area contributed by atoms with E-state index in [0.717, 1.165) is 17.1 Å². The number of hydrogen-bond donors (Lipinski definition) is 0. The minimum Gasteiger partial charge on any atom is -0.309 e. The van der Waals surface area contributed by atoms with Crippen molar-refractivity contribution in [2.24, 2.45) is 0 Å². The van der Waals surface area contributed by atoms with Crippen molar-refractivity contribution in [1.82, 2.24) is 0 Å². The van der Waals surface area contributed by atoms with Gasteiger partial charge in [-0.05, 0) is 103 Å². The van der Waals surface area contributed by atoms with Crippen LogP contribution >= 0.6 is 11.6 Å². The fraction of sp³-hybridized carbons (Fsp3) is 0.0204. The monoisotopic (exact) mass is 669 g/mol. The van der Waals surface area contributed by atoms with E-state index in [0.29, 0.717) is 5.02 Å². The third-order valence-electron chi connectivity index (χ3n) is 10.8. The Kier molecular flexibility index (Phi) is 6.84. The van der Waals surface area contributed by atoms with E-state index >= 15 is 0 Å². The van der Waals surface area contributed by atoms with Gasteiger partial charge in [0.05, 0.1) is 16.1 Å². The van der Waals surface area contributed by atoms with Crippen LogP contribution in [-0.2, 0) is 5.41 Å². The second-order valence-corrected chi connectivity index (χ2v) is 13.8. The molecule has 1 spiro atoms. The lowest BCUT2D eigenvalue weighted by Crippen LogP contribution is -2.26. The van der Waals surface area contributed by atoms with Crippen molar-refractivity contribution in [3.05, 3.63) is 221 Å². The predicted molar refractivity (Wildman–Crippen MR) is 213 cm³/mol. The summed E-state index contributed by atoms with van der Waals surface area (Å²) in [6.45, 7) is 0. The Bertz CT molecular complexity index is 2440. The molecule has 240 valence electrons. The van der Waals surface area contributed by atoms with Gasteiger partial charge in [0, 0.05) is 11.4 Å². The Morgan fingerprint density at radius 3 is 1.16 bits per heavy atom. The molecule has 0 aliphatic heterocycles. The van der Waals surface area contributed by atoms with Gasteiger partial charge < -0.3 is 4.90 Å². The fourth-order valence-electron chi connectivity index (χ4n) is 8.57. The summed E-state index contributed by atoms with van der Waals surface area (Å²) in [5.74, 6) is 0. The standard InChI is InChI=1S/C49H32ClN/c50-47-31-42-41-19-9-12-22-45(41)49(43-20-10-7-17-39(43)40-18-8-11-21-44(40)49)46(42)32-48(47)51(37-27-23-35(24-28-37)33-13-3-1-4-14-33)38-29-25-36(26-30-38)34-15-5-2-6-16-34/h1-32H. The van der Waals surface area contributed by atoms with Crippen LogP contribution in [0.4, 0.5) is 17.1 Å². The van der Waals surface area contributed by atoms with Crippen LogP contribution in [0.25, 0.3) is 44.5 Å². The Morgan fingerprint density at radius 2 is 0.706 bits per heavy atom. The molecule has 8 aromatic carbocycles. The maximum Gasteiger partial charge on any atom is 0.0726 e. The molecule has 0 atom stereocenters. The van der Waals surface area contributed by atoms with Gasteiger partial charge in [-0.1, -0.05) is 169 Å². The van der Waals surface area contributed by atoms with Crippen LogP contribution < -0.4 is 4.90 Å². The third kappa shape index (κ3) is 4.49. The third-order valence-corrected chi connectivity index (χ3v) is 11.1. The zero-order valence-electron chi connectivity index (χ0n) is 27.8. The Morgan fingerprint density at radius 1 is 0.333 bits per heavy atom. The van der Waals surface area contributed by atoms with Gasteiger partial charge in [0.1, 0.15) is 0 Å². The first-order valence-electron chi connectivity index (χ1n) is 17.5. The second-order valence-electron chi connectivity index (χ2n) is 13.4. The Hall–Kier alpha value is -6.15. The van der Waals surface area contributed by atoms with Crippen LogP contribution in [0.5, 0.6) is 0 Å². The van der Waals surface area contributed by atoms with Gasteiger partial charge in [-0.15, -0.1) is 0 Å². The number of benzene rings is 8. The van der Waals surface area contributed by atoms with E-state index in [1.807, 2.05) is 0 Å². The molecule has 0 amide bonds. The Labute approximate surface area is 303 Å². The molecule has 0 heterocycles. The van der Waals surface area contributed by atoms with Gasteiger partial charge in [-0.3, -0.25) is 0 Å². The highest BCUT2D eigenvalue weighted by Crippen LogP contribution is 2.64. The Balaban J connectivity index is 1.21. The minimum atomic E-state index is -0.460. The zero-order valence-corrected chi connectivity index (χ0v) is 28.6. The largest absolute Gasteiger partial charge is 0.309 e. The molecule has 51 heavy (non-hydrogen) atoms. The summed E-state index contributed by atoms with van der Waals surface area (Å²) in [4.78, 5) is 2.32. The highest BCUT2D eigenvalue weighted by Gasteiger charge is 2.51. The highest BCUT2D eigenvalue weighted by molar-refractivity contribution is 6.34. The van der Waals surface area contributed by atoms with Crippen molar-refractivity contribution < 1.29 is 0 Å². The van der Waals surface area contributed by atoms with Crippen LogP contribution in [0.2, 0.25) is 5.02 Å². The molecule has 1 nitrogen and oxygen atoms in total. The van der Waals surface area contributed by atoms with Crippen LogP contribution in [0.1, 0.15) is 22.3 Å². The molecule has 0 saturated carbocycles. The van der Waals surface area contributed by atoms with E-state index in [4.69, 9.17) is 11.6 Å². The number of rotatable bonds is 5. The lowest BCUT2D eigenvalue weighted by atomic mass is 9.70. The normalized spacial score (nSPS) is 13.0. The van der Waals surface area contributed by atoms with E-state index < -0.39 is 5.41 Å². The second kappa shape index (κ2) is 11.7. The van der Waals surface area contributed by atoms with Crippen molar-refractivity contribution >= 4 is 28.7 Å².